The van der Waals surface area contributed by atoms with Crippen molar-refractivity contribution in [2.75, 3.05) is 19.8 Å². The zero-order valence-corrected chi connectivity index (χ0v) is 11.6. The third-order valence-corrected chi connectivity index (χ3v) is 4.34. The van der Waals surface area contributed by atoms with Gasteiger partial charge in [0.25, 0.3) is 0 Å². The first-order valence-electron chi connectivity index (χ1n) is 7.61. The highest BCUT2D eigenvalue weighted by Gasteiger charge is 2.37. The van der Waals surface area contributed by atoms with Gasteiger partial charge in [0.05, 0.1) is 0 Å². The summed E-state index contributed by atoms with van der Waals surface area (Å²) in [5, 5.41) is 0. The van der Waals surface area contributed by atoms with Gasteiger partial charge in [0, 0.05) is 13.2 Å². The summed E-state index contributed by atoms with van der Waals surface area (Å²) >= 11 is 0. The van der Waals surface area contributed by atoms with Crippen LogP contribution in [-0.4, -0.2) is 31.3 Å². The summed E-state index contributed by atoms with van der Waals surface area (Å²) < 4.78 is 12.4. The Kier molecular flexibility index (Phi) is 4.21. The Labute approximate surface area is 115 Å². The van der Waals surface area contributed by atoms with Gasteiger partial charge in [-0.25, -0.2) is 0 Å². The van der Waals surface area contributed by atoms with E-state index >= 15 is 0 Å². The molecule has 0 bridgehead atoms. The van der Waals surface area contributed by atoms with Crippen molar-refractivity contribution in [2.24, 2.45) is 0 Å². The van der Waals surface area contributed by atoms with Crippen molar-refractivity contribution >= 4 is 6.69 Å². The third kappa shape index (κ3) is 3.02. The summed E-state index contributed by atoms with van der Waals surface area (Å²) in [6.07, 6.45) is 5.80. The predicted molar refractivity (Wildman–Crippen MR) is 77.8 cm³/mol. The summed E-state index contributed by atoms with van der Waals surface area (Å²) in [5.74, 6) is 0. The molecule has 0 aromatic heterocycles. The quantitative estimate of drug-likeness (QED) is 0.763. The van der Waals surface area contributed by atoms with Gasteiger partial charge in [-0.1, -0.05) is 36.8 Å². The van der Waals surface area contributed by atoms with Crippen molar-refractivity contribution in [3.63, 3.8) is 0 Å². The average molecular weight is 260 g/mol. The molecule has 0 atom stereocenters. The maximum absolute atomic E-state index is 6.18. The molecule has 19 heavy (non-hydrogen) atoms. The Morgan fingerprint density at radius 2 is 1.68 bits per heavy atom. The molecular weight excluding hydrogens is 237 g/mol. The van der Waals surface area contributed by atoms with Crippen LogP contribution >= 0.6 is 0 Å². The first-order valence-corrected chi connectivity index (χ1v) is 7.61. The van der Waals surface area contributed by atoms with Crippen molar-refractivity contribution in [2.45, 2.75) is 38.5 Å². The minimum absolute atomic E-state index is 0.852. The highest BCUT2D eigenvalue weighted by atomic mass is 16.6. The number of rotatable bonds is 2. The van der Waals surface area contributed by atoms with Crippen LogP contribution in [0.5, 0.6) is 0 Å². The fourth-order valence-corrected chi connectivity index (χ4v) is 3.30. The molecule has 0 aliphatic carbocycles. The maximum Gasteiger partial charge on any atom is 0.317 e. The second-order valence-electron chi connectivity index (χ2n) is 5.72. The zero-order valence-electron chi connectivity index (χ0n) is 11.6. The number of benzene rings is 1. The lowest BCUT2D eigenvalue weighted by atomic mass is 9.61. The average Bonchev–Trinajstić information content (AvgIpc) is 2.69. The van der Waals surface area contributed by atoms with E-state index in [1.807, 2.05) is 0 Å². The molecule has 3 nitrogen and oxygen atoms in total. The summed E-state index contributed by atoms with van der Waals surface area (Å²) in [6.45, 7) is 2.55. The number of nitrogens with zero attached hydrogens (tertiary/aromatic N) is 1. The smallest absolute Gasteiger partial charge is 0.317 e. The third-order valence-electron chi connectivity index (χ3n) is 4.34. The van der Waals surface area contributed by atoms with E-state index in [9.17, 15) is 0 Å². The molecule has 2 saturated heterocycles. The molecule has 2 heterocycles. The van der Waals surface area contributed by atoms with Crippen LogP contribution in [0.4, 0.5) is 0 Å². The van der Waals surface area contributed by atoms with Crippen LogP contribution in [0.15, 0.2) is 30.3 Å². The molecule has 1 aromatic carbocycles. The Hall–Kier alpha value is -0.835. The maximum atomic E-state index is 6.18. The van der Waals surface area contributed by atoms with Gasteiger partial charge in [-0.15, -0.1) is 6.32 Å². The lowest BCUT2D eigenvalue weighted by Gasteiger charge is -2.52. The van der Waals surface area contributed by atoms with Gasteiger partial charge < -0.3 is 14.1 Å². The fourth-order valence-electron chi connectivity index (χ4n) is 3.30. The van der Waals surface area contributed by atoms with Crippen LogP contribution in [0.25, 0.3) is 0 Å². The molecular formula is C15H23BNO2-. The predicted octanol–water partition coefficient (Wildman–Crippen LogP) is 3.05. The Balaban J connectivity index is 1.76. The monoisotopic (exact) mass is 260 g/mol. The van der Waals surface area contributed by atoms with E-state index < -0.39 is 6.69 Å². The van der Waals surface area contributed by atoms with E-state index in [1.54, 1.807) is 0 Å². The number of hydrogen-bond acceptors (Lipinski definition) is 3. The Morgan fingerprint density at radius 1 is 0.947 bits per heavy atom. The van der Waals surface area contributed by atoms with Crippen molar-refractivity contribution in [1.82, 2.24) is 4.81 Å². The molecule has 0 saturated carbocycles. The van der Waals surface area contributed by atoms with Crippen LogP contribution in [0.3, 0.4) is 0 Å². The molecule has 104 valence electrons. The largest absolute Gasteiger partial charge is 0.555 e. The zero-order chi connectivity index (χ0) is 13.0. The van der Waals surface area contributed by atoms with E-state index in [4.69, 9.17) is 9.31 Å². The molecule has 2 fully saturated rings. The van der Waals surface area contributed by atoms with Gasteiger partial charge in [0.1, 0.15) is 0 Å². The van der Waals surface area contributed by atoms with Crippen molar-refractivity contribution in [1.29, 1.82) is 0 Å². The minimum atomic E-state index is -1.19. The van der Waals surface area contributed by atoms with E-state index in [-0.39, 0.29) is 0 Å². The first kappa shape index (κ1) is 13.2. The standard InChI is InChI=1S/C15H23BNO2/c1-2-8-15(9-3-1)14-17-11-5-4-10-16(17)18-12-6-7-13-19-16/h1-3,8-9H,4-7,10-14H2/q-1. The highest BCUT2D eigenvalue weighted by Crippen LogP contribution is 2.30. The lowest BCUT2D eigenvalue weighted by Crippen LogP contribution is -2.60. The molecule has 1 aromatic rings. The van der Waals surface area contributed by atoms with E-state index in [1.165, 1.54) is 18.4 Å². The SMILES string of the molecule is c1ccc(CN2CCCC[B-]23OCCCCO3)cc1. The summed E-state index contributed by atoms with van der Waals surface area (Å²) in [6, 6.07) is 10.7. The molecule has 3 rings (SSSR count). The van der Waals surface area contributed by atoms with Gasteiger partial charge in [-0.3, -0.25) is 0 Å². The van der Waals surface area contributed by atoms with E-state index in [0.717, 1.165) is 45.5 Å². The molecule has 0 unspecified atom stereocenters. The topological polar surface area (TPSA) is 21.7 Å². The second-order valence-corrected chi connectivity index (χ2v) is 5.72. The number of hydrogen-bond donors (Lipinski definition) is 0. The fraction of sp³-hybridized carbons (Fsp3) is 0.600. The Morgan fingerprint density at radius 3 is 2.42 bits per heavy atom. The minimum Gasteiger partial charge on any atom is -0.555 e. The van der Waals surface area contributed by atoms with Gasteiger partial charge in [0.2, 0.25) is 0 Å². The lowest BCUT2D eigenvalue weighted by molar-refractivity contribution is 0.118. The van der Waals surface area contributed by atoms with Gasteiger partial charge in [-0.2, -0.15) is 0 Å². The Bertz CT molecular complexity index is 390. The van der Waals surface area contributed by atoms with Crippen molar-refractivity contribution < 1.29 is 9.31 Å². The summed E-state index contributed by atoms with van der Waals surface area (Å²) in [5.41, 5.74) is 1.35. The summed E-state index contributed by atoms with van der Waals surface area (Å²) in [4.78, 5) is 2.45. The van der Waals surface area contributed by atoms with Gasteiger partial charge in [0.15, 0.2) is 0 Å². The van der Waals surface area contributed by atoms with Crippen LogP contribution in [-0.2, 0) is 15.9 Å². The van der Waals surface area contributed by atoms with Crippen molar-refractivity contribution in [3.8, 4) is 0 Å². The normalized spacial score (nSPS) is 24.2. The molecule has 2 aliphatic heterocycles. The van der Waals surface area contributed by atoms with Gasteiger partial charge in [-0.05, 0) is 37.9 Å². The van der Waals surface area contributed by atoms with E-state index in [0.29, 0.717) is 0 Å². The highest BCUT2D eigenvalue weighted by molar-refractivity contribution is 6.64. The molecule has 0 N–H and O–H groups in total. The van der Waals surface area contributed by atoms with Crippen LogP contribution in [0.1, 0.15) is 31.2 Å². The van der Waals surface area contributed by atoms with E-state index in [2.05, 4.69) is 35.1 Å². The first-order chi connectivity index (χ1) is 9.39. The van der Waals surface area contributed by atoms with Crippen LogP contribution in [0, 0.1) is 0 Å². The van der Waals surface area contributed by atoms with Gasteiger partial charge >= 0.3 is 6.69 Å². The molecule has 1 spiro atoms. The van der Waals surface area contributed by atoms with Crippen LogP contribution < -0.4 is 0 Å². The summed E-state index contributed by atoms with van der Waals surface area (Å²) in [7, 11) is 0. The second kappa shape index (κ2) is 6.08. The molecule has 0 amide bonds. The van der Waals surface area contributed by atoms with Crippen molar-refractivity contribution in [3.05, 3.63) is 35.9 Å². The molecule has 2 aliphatic rings. The molecule has 0 radical (unpaired) electrons. The van der Waals surface area contributed by atoms with Crippen LogP contribution in [0.2, 0.25) is 6.32 Å². The molecule has 4 heteroatoms.